The number of halogens is 2. The molecule has 17 heavy (non-hydrogen) atoms. The van der Waals surface area contributed by atoms with E-state index >= 15 is 0 Å². The summed E-state index contributed by atoms with van der Waals surface area (Å²) in [5.74, 6) is -0.256. The van der Waals surface area contributed by atoms with E-state index in [4.69, 9.17) is 10.5 Å². The van der Waals surface area contributed by atoms with Crippen LogP contribution in [0.1, 0.15) is 26.3 Å². The van der Waals surface area contributed by atoms with Gasteiger partial charge in [-0.2, -0.15) is 0 Å². The predicted molar refractivity (Wildman–Crippen MR) is 71.5 cm³/mol. The fourth-order valence-corrected chi connectivity index (χ4v) is 1.81. The summed E-state index contributed by atoms with van der Waals surface area (Å²) in [6, 6.07) is 4.87. The highest BCUT2D eigenvalue weighted by Crippen LogP contribution is 2.18. The van der Waals surface area contributed by atoms with E-state index in [1.807, 2.05) is 20.8 Å². The van der Waals surface area contributed by atoms with Crippen molar-refractivity contribution in [2.24, 2.45) is 5.73 Å². The Balaban J connectivity index is 2.50. The van der Waals surface area contributed by atoms with Gasteiger partial charge >= 0.3 is 0 Å². The van der Waals surface area contributed by atoms with Gasteiger partial charge < -0.3 is 10.5 Å². The molecule has 0 saturated heterocycles. The molecule has 4 heteroatoms. The molecule has 1 aromatic carbocycles. The molecule has 0 aromatic heterocycles. The first-order chi connectivity index (χ1) is 7.78. The summed E-state index contributed by atoms with van der Waals surface area (Å²) in [6.45, 7) is 6.48. The molecule has 0 aliphatic rings. The van der Waals surface area contributed by atoms with E-state index in [0.717, 1.165) is 5.56 Å². The molecule has 2 N–H and O–H groups in total. The molecule has 0 radical (unpaired) electrons. The quantitative estimate of drug-likeness (QED) is 0.926. The SMILES string of the molecule is CC(C)(C)OCC(N)Cc1ccc(F)c(Br)c1. The lowest BCUT2D eigenvalue weighted by Gasteiger charge is -2.22. The zero-order valence-corrected chi connectivity index (χ0v) is 12.1. The molecule has 1 rings (SSSR count). The van der Waals surface area contributed by atoms with Gasteiger partial charge in [-0.15, -0.1) is 0 Å². The molecule has 0 amide bonds. The molecule has 1 aromatic rings. The van der Waals surface area contributed by atoms with Crippen LogP contribution < -0.4 is 5.73 Å². The van der Waals surface area contributed by atoms with Crippen LogP contribution in [0.4, 0.5) is 4.39 Å². The second kappa shape index (κ2) is 5.94. The standard InChI is InChI=1S/C13H19BrFNO/c1-13(2,3)17-8-10(16)6-9-4-5-12(15)11(14)7-9/h4-5,7,10H,6,8,16H2,1-3H3. The molecule has 0 spiro atoms. The Morgan fingerprint density at radius 3 is 2.59 bits per heavy atom. The number of rotatable bonds is 4. The zero-order valence-electron chi connectivity index (χ0n) is 10.5. The van der Waals surface area contributed by atoms with E-state index in [9.17, 15) is 4.39 Å². The highest BCUT2D eigenvalue weighted by Gasteiger charge is 2.13. The lowest BCUT2D eigenvalue weighted by molar-refractivity contribution is -0.00983. The molecule has 0 aliphatic heterocycles. The van der Waals surface area contributed by atoms with Crippen molar-refractivity contribution in [2.45, 2.75) is 38.8 Å². The molecule has 0 saturated carbocycles. The molecule has 0 aliphatic carbocycles. The first kappa shape index (κ1) is 14.6. The minimum absolute atomic E-state index is 0.0772. The van der Waals surface area contributed by atoms with Crippen LogP contribution in [0.5, 0.6) is 0 Å². The van der Waals surface area contributed by atoms with Gasteiger partial charge in [0, 0.05) is 6.04 Å². The number of hydrogen-bond donors (Lipinski definition) is 1. The van der Waals surface area contributed by atoms with Gasteiger partial charge in [-0.3, -0.25) is 0 Å². The monoisotopic (exact) mass is 303 g/mol. The number of nitrogens with two attached hydrogens (primary N) is 1. The molecular weight excluding hydrogens is 285 g/mol. The van der Waals surface area contributed by atoms with E-state index in [2.05, 4.69) is 15.9 Å². The third-order valence-electron chi connectivity index (χ3n) is 2.21. The van der Waals surface area contributed by atoms with Gasteiger partial charge in [-0.25, -0.2) is 4.39 Å². The van der Waals surface area contributed by atoms with Crippen LogP contribution in [0, 0.1) is 5.82 Å². The summed E-state index contributed by atoms with van der Waals surface area (Å²) in [5, 5.41) is 0. The Morgan fingerprint density at radius 1 is 1.41 bits per heavy atom. The Hall–Kier alpha value is -0.450. The van der Waals surface area contributed by atoms with Crippen LogP contribution >= 0.6 is 15.9 Å². The van der Waals surface area contributed by atoms with Gasteiger partial charge in [0.25, 0.3) is 0 Å². The van der Waals surface area contributed by atoms with Gasteiger partial charge in [-0.1, -0.05) is 6.07 Å². The normalized spacial score (nSPS) is 13.8. The van der Waals surface area contributed by atoms with Crippen molar-refractivity contribution in [1.29, 1.82) is 0 Å². The van der Waals surface area contributed by atoms with Gasteiger partial charge in [0.2, 0.25) is 0 Å². The Kier molecular flexibility index (Phi) is 5.10. The van der Waals surface area contributed by atoms with Crippen LogP contribution in [0.3, 0.4) is 0 Å². The summed E-state index contributed by atoms with van der Waals surface area (Å²) in [5.41, 5.74) is 6.79. The fraction of sp³-hybridized carbons (Fsp3) is 0.538. The van der Waals surface area contributed by atoms with Gasteiger partial charge in [0.1, 0.15) is 5.82 Å². The van der Waals surface area contributed by atoms with Crippen molar-refractivity contribution in [3.8, 4) is 0 Å². The maximum absolute atomic E-state index is 13.0. The molecule has 2 nitrogen and oxygen atoms in total. The molecule has 0 heterocycles. The van der Waals surface area contributed by atoms with E-state index < -0.39 is 0 Å². The maximum atomic E-state index is 13.0. The molecule has 96 valence electrons. The van der Waals surface area contributed by atoms with E-state index in [1.54, 1.807) is 12.1 Å². The van der Waals surface area contributed by atoms with Crippen LogP contribution in [-0.2, 0) is 11.2 Å². The average Bonchev–Trinajstić information content (AvgIpc) is 2.20. The average molecular weight is 304 g/mol. The van der Waals surface area contributed by atoms with E-state index in [0.29, 0.717) is 17.5 Å². The smallest absolute Gasteiger partial charge is 0.137 e. The topological polar surface area (TPSA) is 35.2 Å². The highest BCUT2D eigenvalue weighted by atomic mass is 79.9. The second-order valence-electron chi connectivity index (χ2n) is 5.14. The lowest BCUT2D eigenvalue weighted by atomic mass is 10.1. The van der Waals surface area contributed by atoms with Gasteiger partial charge in [0.15, 0.2) is 0 Å². The summed E-state index contributed by atoms with van der Waals surface area (Å²) in [7, 11) is 0. The maximum Gasteiger partial charge on any atom is 0.137 e. The van der Waals surface area contributed by atoms with Crippen molar-refractivity contribution < 1.29 is 9.13 Å². The zero-order chi connectivity index (χ0) is 13.1. The van der Waals surface area contributed by atoms with Crippen molar-refractivity contribution in [1.82, 2.24) is 0 Å². The minimum atomic E-state index is -0.256. The van der Waals surface area contributed by atoms with E-state index in [1.165, 1.54) is 6.07 Å². The highest BCUT2D eigenvalue weighted by molar-refractivity contribution is 9.10. The Morgan fingerprint density at radius 2 is 2.06 bits per heavy atom. The van der Waals surface area contributed by atoms with Gasteiger partial charge in [0.05, 0.1) is 16.7 Å². The molecular formula is C13H19BrFNO. The molecule has 0 bridgehead atoms. The molecule has 1 atom stereocenters. The summed E-state index contributed by atoms with van der Waals surface area (Å²) >= 11 is 3.16. The van der Waals surface area contributed by atoms with Crippen LogP contribution in [0.25, 0.3) is 0 Å². The third kappa shape index (κ3) is 5.61. The second-order valence-corrected chi connectivity index (χ2v) is 5.99. The Labute approximate surface area is 110 Å². The van der Waals surface area contributed by atoms with Crippen molar-refractivity contribution >= 4 is 15.9 Å². The lowest BCUT2D eigenvalue weighted by Crippen LogP contribution is -2.33. The summed E-state index contributed by atoms with van der Waals surface area (Å²) < 4.78 is 19.1. The Bertz CT molecular complexity index is 376. The first-order valence-electron chi connectivity index (χ1n) is 5.61. The van der Waals surface area contributed by atoms with Crippen LogP contribution in [-0.4, -0.2) is 18.2 Å². The van der Waals surface area contributed by atoms with Crippen molar-refractivity contribution in [2.75, 3.05) is 6.61 Å². The summed E-state index contributed by atoms with van der Waals surface area (Å²) in [6.07, 6.45) is 0.676. The summed E-state index contributed by atoms with van der Waals surface area (Å²) in [4.78, 5) is 0. The van der Waals surface area contributed by atoms with Crippen molar-refractivity contribution in [3.05, 3.63) is 34.1 Å². The predicted octanol–water partition coefficient (Wildman–Crippen LogP) is 3.27. The van der Waals surface area contributed by atoms with Crippen LogP contribution in [0.2, 0.25) is 0 Å². The minimum Gasteiger partial charge on any atom is -0.374 e. The van der Waals surface area contributed by atoms with Crippen LogP contribution in [0.15, 0.2) is 22.7 Å². The van der Waals surface area contributed by atoms with Gasteiger partial charge in [-0.05, 0) is 60.8 Å². The fourth-order valence-electron chi connectivity index (χ4n) is 1.39. The largest absolute Gasteiger partial charge is 0.374 e. The molecule has 0 fully saturated rings. The number of ether oxygens (including phenoxy) is 1. The van der Waals surface area contributed by atoms with E-state index in [-0.39, 0.29) is 17.5 Å². The number of hydrogen-bond acceptors (Lipinski definition) is 2. The van der Waals surface area contributed by atoms with Crippen molar-refractivity contribution in [3.63, 3.8) is 0 Å². The first-order valence-corrected chi connectivity index (χ1v) is 6.41. The third-order valence-corrected chi connectivity index (χ3v) is 2.82. The number of benzene rings is 1. The molecule has 1 unspecified atom stereocenters.